The maximum atomic E-state index is 6.52. The monoisotopic (exact) mass is 481 g/mol. The van der Waals surface area contributed by atoms with Crippen LogP contribution in [0.2, 0.25) is 5.02 Å². The SMILES string of the molecule is Clc1ccc2c(c1)-c1ccccc1C2(c1ccccc1)c1nc(-c2ccccc2)c2ncccc2n1. The summed E-state index contributed by atoms with van der Waals surface area (Å²) in [5.74, 6) is 0.724. The minimum Gasteiger partial charge on any atom is -0.252 e. The Morgan fingerprint density at radius 3 is 2.17 bits per heavy atom. The second-order valence-electron chi connectivity index (χ2n) is 8.98. The Morgan fingerprint density at radius 1 is 0.611 bits per heavy atom. The summed E-state index contributed by atoms with van der Waals surface area (Å²) >= 11 is 6.52. The number of rotatable bonds is 3. The highest BCUT2D eigenvalue weighted by Crippen LogP contribution is 2.55. The zero-order chi connectivity index (χ0) is 24.1. The molecule has 0 bridgehead atoms. The van der Waals surface area contributed by atoms with Gasteiger partial charge in [-0.1, -0.05) is 103 Å². The summed E-state index contributed by atoms with van der Waals surface area (Å²) in [6.07, 6.45) is 1.80. The van der Waals surface area contributed by atoms with Gasteiger partial charge in [0.15, 0.2) is 0 Å². The third-order valence-electron chi connectivity index (χ3n) is 7.05. The van der Waals surface area contributed by atoms with Gasteiger partial charge in [0, 0.05) is 16.8 Å². The summed E-state index contributed by atoms with van der Waals surface area (Å²) < 4.78 is 0. The Balaban J connectivity index is 1.66. The van der Waals surface area contributed by atoms with Crippen LogP contribution in [0.15, 0.2) is 121 Å². The molecule has 1 aliphatic carbocycles. The molecular formula is C32H20ClN3. The quantitative estimate of drug-likeness (QED) is 0.259. The van der Waals surface area contributed by atoms with Crippen LogP contribution in [0.4, 0.5) is 0 Å². The average molecular weight is 482 g/mol. The van der Waals surface area contributed by atoms with E-state index in [0.29, 0.717) is 5.02 Å². The molecule has 4 heteroatoms. The fourth-order valence-corrected chi connectivity index (χ4v) is 5.73. The van der Waals surface area contributed by atoms with E-state index >= 15 is 0 Å². The van der Waals surface area contributed by atoms with Crippen LogP contribution < -0.4 is 0 Å². The molecule has 6 aromatic rings. The van der Waals surface area contributed by atoms with Crippen molar-refractivity contribution in [3.8, 4) is 22.4 Å². The van der Waals surface area contributed by atoms with Crippen molar-refractivity contribution in [2.45, 2.75) is 5.41 Å². The number of fused-ring (bicyclic) bond motifs is 4. The van der Waals surface area contributed by atoms with Gasteiger partial charge in [-0.3, -0.25) is 4.98 Å². The summed E-state index contributed by atoms with van der Waals surface area (Å²) in [4.78, 5) is 15.2. The third kappa shape index (κ3) is 2.96. The van der Waals surface area contributed by atoms with E-state index in [1.807, 2.05) is 42.5 Å². The predicted octanol–water partition coefficient (Wildman–Crippen LogP) is 7.71. The highest BCUT2D eigenvalue weighted by atomic mass is 35.5. The Kier molecular flexibility index (Phi) is 4.73. The van der Waals surface area contributed by atoms with Crippen molar-refractivity contribution in [1.29, 1.82) is 0 Å². The maximum absolute atomic E-state index is 6.52. The predicted molar refractivity (Wildman–Crippen MR) is 145 cm³/mol. The second-order valence-corrected chi connectivity index (χ2v) is 9.42. The lowest BCUT2D eigenvalue weighted by Crippen LogP contribution is -2.31. The van der Waals surface area contributed by atoms with Crippen LogP contribution in [0.3, 0.4) is 0 Å². The van der Waals surface area contributed by atoms with E-state index in [4.69, 9.17) is 21.6 Å². The fraction of sp³-hybridized carbons (Fsp3) is 0.0312. The summed E-state index contributed by atoms with van der Waals surface area (Å²) in [6, 6.07) is 39.4. The Hall–Kier alpha value is -4.34. The van der Waals surface area contributed by atoms with Gasteiger partial charge >= 0.3 is 0 Å². The normalized spacial score (nSPS) is 16.0. The van der Waals surface area contributed by atoms with Gasteiger partial charge in [-0.15, -0.1) is 0 Å². The first-order valence-electron chi connectivity index (χ1n) is 11.9. The molecule has 0 amide bonds. The molecule has 1 unspecified atom stereocenters. The van der Waals surface area contributed by atoms with Gasteiger partial charge in [-0.2, -0.15) is 0 Å². The molecule has 3 nitrogen and oxygen atoms in total. The summed E-state index contributed by atoms with van der Waals surface area (Å²) in [5.41, 5.74) is 8.38. The van der Waals surface area contributed by atoms with Gasteiger partial charge < -0.3 is 0 Å². The number of hydrogen-bond donors (Lipinski definition) is 0. The van der Waals surface area contributed by atoms with Crippen LogP contribution in [0.1, 0.15) is 22.5 Å². The molecule has 4 aromatic carbocycles. The second kappa shape index (κ2) is 8.11. The molecule has 0 spiro atoms. The average Bonchev–Trinajstić information content (AvgIpc) is 3.24. The van der Waals surface area contributed by atoms with Crippen LogP contribution in [0.5, 0.6) is 0 Å². The van der Waals surface area contributed by atoms with Crippen LogP contribution in [0, 0.1) is 0 Å². The number of hydrogen-bond acceptors (Lipinski definition) is 3. The topological polar surface area (TPSA) is 38.7 Å². The number of benzene rings is 4. The summed E-state index contributed by atoms with van der Waals surface area (Å²) in [6.45, 7) is 0. The zero-order valence-electron chi connectivity index (χ0n) is 19.3. The molecule has 0 fully saturated rings. The van der Waals surface area contributed by atoms with Crippen LogP contribution in [-0.2, 0) is 5.41 Å². The van der Waals surface area contributed by atoms with Crippen molar-refractivity contribution in [3.63, 3.8) is 0 Å². The highest BCUT2D eigenvalue weighted by Gasteiger charge is 2.48. The molecule has 1 atom stereocenters. The fourth-order valence-electron chi connectivity index (χ4n) is 5.56. The standard InChI is InChI=1S/C32H20ClN3/c33-23-17-18-27-25(20-23)24-14-7-8-15-26(24)32(27,22-12-5-2-6-13-22)31-35-28-16-9-19-34-30(28)29(36-31)21-10-3-1-4-11-21/h1-20H. The molecule has 0 saturated carbocycles. The minimum absolute atomic E-state index is 0.703. The van der Waals surface area contributed by atoms with Crippen LogP contribution in [0.25, 0.3) is 33.4 Å². The van der Waals surface area contributed by atoms with E-state index in [0.717, 1.165) is 55.9 Å². The largest absolute Gasteiger partial charge is 0.252 e. The van der Waals surface area contributed by atoms with Crippen LogP contribution in [-0.4, -0.2) is 15.0 Å². The lowest BCUT2D eigenvalue weighted by Gasteiger charge is -2.32. The van der Waals surface area contributed by atoms with Gasteiger partial charge in [-0.25, -0.2) is 9.97 Å². The molecule has 2 heterocycles. The molecule has 7 rings (SSSR count). The van der Waals surface area contributed by atoms with Gasteiger partial charge in [0.05, 0.1) is 5.52 Å². The Labute approximate surface area is 214 Å². The number of pyridine rings is 1. The molecule has 0 radical (unpaired) electrons. The molecule has 1 aliphatic rings. The molecular weight excluding hydrogens is 462 g/mol. The molecule has 170 valence electrons. The first-order chi connectivity index (χ1) is 17.8. The first-order valence-corrected chi connectivity index (χ1v) is 12.3. The number of halogens is 1. The maximum Gasteiger partial charge on any atom is 0.149 e. The molecule has 0 saturated heterocycles. The van der Waals surface area contributed by atoms with E-state index in [2.05, 4.69) is 77.8 Å². The Morgan fingerprint density at radius 2 is 1.33 bits per heavy atom. The van der Waals surface area contributed by atoms with Crippen molar-refractivity contribution >= 4 is 22.6 Å². The summed E-state index contributed by atoms with van der Waals surface area (Å²) in [5, 5.41) is 0.709. The van der Waals surface area contributed by atoms with Gasteiger partial charge in [0.25, 0.3) is 0 Å². The van der Waals surface area contributed by atoms with E-state index < -0.39 is 5.41 Å². The van der Waals surface area contributed by atoms with Crippen molar-refractivity contribution in [3.05, 3.63) is 149 Å². The van der Waals surface area contributed by atoms with Crippen molar-refractivity contribution in [2.24, 2.45) is 0 Å². The van der Waals surface area contributed by atoms with E-state index in [1.165, 1.54) is 0 Å². The number of aromatic nitrogens is 3. The smallest absolute Gasteiger partial charge is 0.149 e. The first kappa shape index (κ1) is 21.0. The van der Waals surface area contributed by atoms with E-state index in [-0.39, 0.29) is 0 Å². The van der Waals surface area contributed by atoms with E-state index in [1.54, 1.807) is 6.20 Å². The zero-order valence-corrected chi connectivity index (χ0v) is 20.0. The lowest BCUT2D eigenvalue weighted by atomic mass is 9.71. The third-order valence-corrected chi connectivity index (χ3v) is 7.29. The molecule has 2 aromatic heterocycles. The molecule has 36 heavy (non-hydrogen) atoms. The molecule has 0 N–H and O–H groups in total. The van der Waals surface area contributed by atoms with E-state index in [9.17, 15) is 0 Å². The van der Waals surface area contributed by atoms with Gasteiger partial charge in [0.1, 0.15) is 22.5 Å². The van der Waals surface area contributed by atoms with Crippen LogP contribution >= 0.6 is 11.6 Å². The number of nitrogens with zero attached hydrogens (tertiary/aromatic N) is 3. The Bertz CT molecular complexity index is 1750. The van der Waals surface area contributed by atoms with Crippen molar-refractivity contribution < 1.29 is 0 Å². The lowest BCUT2D eigenvalue weighted by molar-refractivity contribution is 0.704. The van der Waals surface area contributed by atoms with Gasteiger partial charge in [0.2, 0.25) is 0 Å². The van der Waals surface area contributed by atoms with Crippen molar-refractivity contribution in [1.82, 2.24) is 15.0 Å². The summed E-state index contributed by atoms with van der Waals surface area (Å²) in [7, 11) is 0. The highest BCUT2D eigenvalue weighted by molar-refractivity contribution is 6.31. The van der Waals surface area contributed by atoms with Gasteiger partial charge in [-0.05, 0) is 52.1 Å². The van der Waals surface area contributed by atoms with Crippen molar-refractivity contribution in [2.75, 3.05) is 0 Å². The molecule has 0 aliphatic heterocycles. The minimum atomic E-state index is -0.703.